The van der Waals surface area contributed by atoms with Crippen molar-refractivity contribution in [3.05, 3.63) is 53.5 Å². The van der Waals surface area contributed by atoms with Crippen LogP contribution in [0.1, 0.15) is 17.0 Å². The molecule has 0 aliphatic rings. The molecule has 2 N–H and O–H groups in total. The van der Waals surface area contributed by atoms with Crippen LogP contribution in [0.15, 0.2) is 36.5 Å². The first-order valence-corrected chi connectivity index (χ1v) is 6.91. The van der Waals surface area contributed by atoms with Crippen molar-refractivity contribution >= 4 is 5.82 Å². The van der Waals surface area contributed by atoms with Gasteiger partial charge < -0.3 is 10.5 Å². The molecule has 0 aliphatic heterocycles. The number of nitrogens with two attached hydrogens (primary N) is 1. The van der Waals surface area contributed by atoms with E-state index in [-0.39, 0.29) is 5.82 Å². The number of rotatable bonds is 3. The molecule has 0 unspecified atom stereocenters. The van der Waals surface area contributed by atoms with Gasteiger partial charge in [-0.3, -0.25) is 0 Å². The Labute approximate surface area is 133 Å². The summed E-state index contributed by atoms with van der Waals surface area (Å²) in [5.41, 5.74) is 7.28. The quantitative estimate of drug-likeness (QED) is 0.797. The fraction of sp³-hybridized carbons (Fsp3) is 0.125. The lowest BCUT2D eigenvalue weighted by molar-refractivity contribution is 0.458. The first kappa shape index (κ1) is 14.5. The summed E-state index contributed by atoms with van der Waals surface area (Å²) < 4.78 is 7.16. The van der Waals surface area contributed by atoms with E-state index in [1.807, 2.05) is 37.3 Å². The van der Waals surface area contributed by atoms with Crippen molar-refractivity contribution in [3.8, 4) is 23.5 Å². The second kappa shape index (κ2) is 5.77. The minimum atomic E-state index is 0.229. The van der Waals surface area contributed by atoms with Crippen molar-refractivity contribution in [1.29, 1.82) is 5.26 Å². The van der Waals surface area contributed by atoms with Gasteiger partial charge in [0.1, 0.15) is 29.0 Å². The summed E-state index contributed by atoms with van der Waals surface area (Å²) in [6.45, 7) is 3.73. The molecule has 2 heterocycles. The molecule has 3 aromatic rings. The highest BCUT2D eigenvalue weighted by Gasteiger charge is 2.12. The van der Waals surface area contributed by atoms with Gasteiger partial charge in [-0.05, 0) is 31.5 Å². The maximum atomic E-state index is 8.97. The summed E-state index contributed by atoms with van der Waals surface area (Å²) in [5.74, 6) is 2.25. The van der Waals surface area contributed by atoms with Gasteiger partial charge in [-0.25, -0.2) is 4.98 Å². The number of aryl methyl sites for hydroxylation is 2. The topological polar surface area (TPSA) is 103 Å². The third-order valence-electron chi connectivity index (χ3n) is 3.16. The Bertz CT molecular complexity index is 909. The lowest BCUT2D eigenvalue weighted by atomic mass is 10.2. The summed E-state index contributed by atoms with van der Waals surface area (Å²) in [4.78, 5) is 8.55. The Hall–Kier alpha value is -3.40. The van der Waals surface area contributed by atoms with Gasteiger partial charge in [-0.15, -0.1) is 0 Å². The Morgan fingerprint density at radius 2 is 2.04 bits per heavy atom. The summed E-state index contributed by atoms with van der Waals surface area (Å²) in [7, 11) is 0. The molecule has 0 bridgehead atoms. The maximum Gasteiger partial charge on any atom is 0.224 e. The maximum absolute atomic E-state index is 8.97. The third kappa shape index (κ3) is 2.96. The van der Waals surface area contributed by atoms with Crippen molar-refractivity contribution in [3.63, 3.8) is 0 Å². The number of benzene rings is 1. The fourth-order valence-corrected chi connectivity index (χ4v) is 2.11. The highest BCUT2D eigenvalue weighted by molar-refractivity contribution is 5.51. The smallest absolute Gasteiger partial charge is 0.224 e. The van der Waals surface area contributed by atoms with Crippen LogP contribution in [0.3, 0.4) is 0 Å². The molecule has 0 saturated heterocycles. The molecule has 114 valence electrons. The lowest BCUT2D eigenvalue weighted by Crippen LogP contribution is -2.07. The second-order valence-electron chi connectivity index (χ2n) is 5.00. The van der Waals surface area contributed by atoms with Gasteiger partial charge in [0.2, 0.25) is 5.88 Å². The second-order valence-corrected chi connectivity index (χ2v) is 5.00. The van der Waals surface area contributed by atoms with Crippen LogP contribution < -0.4 is 10.5 Å². The van der Waals surface area contributed by atoms with Crippen molar-refractivity contribution in [2.75, 3.05) is 5.73 Å². The molecule has 0 spiro atoms. The van der Waals surface area contributed by atoms with Crippen molar-refractivity contribution in [1.82, 2.24) is 19.7 Å². The molecule has 3 rings (SSSR count). The van der Waals surface area contributed by atoms with Crippen LogP contribution in [0, 0.1) is 25.2 Å². The molecule has 0 aliphatic carbocycles. The minimum Gasteiger partial charge on any atom is -0.439 e. The van der Waals surface area contributed by atoms with Crippen molar-refractivity contribution in [2.24, 2.45) is 0 Å². The number of aromatic nitrogens is 4. The molecule has 7 heteroatoms. The largest absolute Gasteiger partial charge is 0.439 e. The van der Waals surface area contributed by atoms with Crippen LogP contribution in [0.4, 0.5) is 5.82 Å². The summed E-state index contributed by atoms with van der Waals surface area (Å²) in [6.07, 6.45) is 1.40. The summed E-state index contributed by atoms with van der Waals surface area (Å²) in [5, 5.41) is 13.1. The first-order valence-electron chi connectivity index (χ1n) is 6.91. The standard InChI is InChI=1S/C16H14N6O/c1-10-4-3-5-13(6-10)23-15-7-14(20-11(2)21-15)22-16(18)12(8-17)9-19-22/h3-7,9H,18H2,1-2H3. The average molecular weight is 306 g/mol. The molecule has 0 saturated carbocycles. The summed E-state index contributed by atoms with van der Waals surface area (Å²) in [6, 6.07) is 11.3. The Morgan fingerprint density at radius 3 is 2.74 bits per heavy atom. The van der Waals surface area contributed by atoms with Gasteiger partial charge in [0.25, 0.3) is 0 Å². The molecule has 1 aromatic carbocycles. The highest BCUT2D eigenvalue weighted by Crippen LogP contribution is 2.23. The molecule has 0 atom stereocenters. The van der Waals surface area contributed by atoms with Gasteiger partial charge in [-0.2, -0.15) is 20.0 Å². The van der Waals surface area contributed by atoms with E-state index < -0.39 is 0 Å². The van der Waals surface area contributed by atoms with Crippen LogP contribution >= 0.6 is 0 Å². The van der Waals surface area contributed by atoms with Crippen molar-refractivity contribution in [2.45, 2.75) is 13.8 Å². The van der Waals surface area contributed by atoms with Crippen molar-refractivity contribution < 1.29 is 4.74 Å². The van der Waals surface area contributed by atoms with Gasteiger partial charge in [-0.1, -0.05) is 12.1 Å². The molecule has 2 aromatic heterocycles. The monoisotopic (exact) mass is 306 g/mol. The van der Waals surface area contributed by atoms with Gasteiger partial charge in [0.05, 0.1) is 6.20 Å². The minimum absolute atomic E-state index is 0.229. The fourth-order valence-electron chi connectivity index (χ4n) is 2.11. The van der Waals surface area contributed by atoms with Crippen LogP contribution in [-0.2, 0) is 0 Å². The Balaban J connectivity index is 1.99. The molecular formula is C16H14N6O. The number of nitriles is 1. The highest BCUT2D eigenvalue weighted by atomic mass is 16.5. The van der Waals surface area contributed by atoms with Crippen LogP contribution in [0.5, 0.6) is 11.6 Å². The van der Waals surface area contributed by atoms with Gasteiger partial charge in [0, 0.05) is 6.07 Å². The predicted octanol–water partition coefficient (Wildman–Crippen LogP) is 2.53. The van der Waals surface area contributed by atoms with E-state index in [4.69, 9.17) is 15.7 Å². The molecule has 23 heavy (non-hydrogen) atoms. The Morgan fingerprint density at radius 1 is 1.22 bits per heavy atom. The van der Waals surface area contributed by atoms with E-state index in [9.17, 15) is 0 Å². The summed E-state index contributed by atoms with van der Waals surface area (Å²) >= 11 is 0. The molecule has 0 amide bonds. The van der Waals surface area contributed by atoms with E-state index in [1.54, 1.807) is 13.0 Å². The number of nitrogens with zero attached hydrogens (tertiary/aromatic N) is 5. The van der Waals surface area contributed by atoms with Crippen LogP contribution in [0.25, 0.3) is 5.82 Å². The van der Waals surface area contributed by atoms with E-state index >= 15 is 0 Å². The third-order valence-corrected chi connectivity index (χ3v) is 3.16. The zero-order valence-electron chi connectivity index (χ0n) is 12.7. The predicted molar refractivity (Wildman–Crippen MR) is 84.3 cm³/mol. The first-order chi connectivity index (χ1) is 11.1. The normalized spacial score (nSPS) is 10.3. The van der Waals surface area contributed by atoms with Crippen LogP contribution in [0.2, 0.25) is 0 Å². The average Bonchev–Trinajstić information content (AvgIpc) is 2.87. The van der Waals surface area contributed by atoms with Crippen LogP contribution in [-0.4, -0.2) is 19.7 Å². The number of anilines is 1. The number of ether oxygens (including phenoxy) is 1. The molecular weight excluding hydrogens is 292 g/mol. The van der Waals surface area contributed by atoms with E-state index in [0.29, 0.717) is 28.8 Å². The lowest BCUT2D eigenvalue weighted by Gasteiger charge is -2.09. The molecule has 0 radical (unpaired) electrons. The van der Waals surface area contributed by atoms with E-state index in [2.05, 4.69) is 15.1 Å². The molecule has 7 nitrogen and oxygen atoms in total. The zero-order valence-corrected chi connectivity index (χ0v) is 12.7. The molecule has 0 fully saturated rings. The van der Waals surface area contributed by atoms with Gasteiger partial charge in [0.15, 0.2) is 5.82 Å². The SMILES string of the molecule is Cc1cccc(Oc2cc(-n3ncc(C#N)c3N)nc(C)n2)c1. The van der Waals surface area contributed by atoms with E-state index in [0.717, 1.165) is 5.56 Å². The van der Waals surface area contributed by atoms with E-state index in [1.165, 1.54) is 10.9 Å². The number of hydrogen-bond donors (Lipinski definition) is 1. The number of nitrogen functional groups attached to an aromatic ring is 1. The Kier molecular flexibility index (Phi) is 3.65. The zero-order chi connectivity index (χ0) is 16.4. The number of hydrogen-bond acceptors (Lipinski definition) is 6. The van der Waals surface area contributed by atoms with Gasteiger partial charge >= 0.3 is 0 Å².